The van der Waals surface area contributed by atoms with Gasteiger partial charge in [-0.05, 0) is 105 Å². The third-order valence-corrected chi connectivity index (χ3v) is 8.15. The zero-order valence-electron chi connectivity index (χ0n) is 22.8. The van der Waals surface area contributed by atoms with Gasteiger partial charge >= 0.3 is 0 Å². The van der Waals surface area contributed by atoms with Crippen LogP contribution in [0.5, 0.6) is 17.2 Å². The number of piperidine rings is 1. The molecule has 1 saturated heterocycles. The number of methoxy groups -OCH3 is 1. The Hall–Kier alpha value is -3.25. The maximum absolute atomic E-state index is 15.1. The molecule has 0 aromatic heterocycles. The van der Waals surface area contributed by atoms with E-state index in [1.807, 2.05) is 18.2 Å². The van der Waals surface area contributed by atoms with Gasteiger partial charge in [-0.25, -0.2) is 4.39 Å². The number of fused-ring (bicyclic) bond motifs is 1. The van der Waals surface area contributed by atoms with Crippen LogP contribution in [0.1, 0.15) is 54.4 Å². The van der Waals surface area contributed by atoms with Crippen LogP contribution in [-0.4, -0.2) is 49.9 Å². The zero-order valence-corrected chi connectivity index (χ0v) is 22.8. The first kappa shape index (κ1) is 26.4. The summed E-state index contributed by atoms with van der Waals surface area (Å²) < 4.78 is 26.7. The first-order valence-corrected chi connectivity index (χ1v) is 13.8. The van der Waals surface area contributed by atoms with Crippen molar-refractivity contribution in [3.05, 3.63) is 82.7 Å². The van der Waals surface area contributed by atoms with Gasteiger partial charge in [-0.2, -0.15) is 0 Å². The summed E-state index contributed by atoms with van der Waals surface area (Å²) in [6, 6.07) is 17.5. The van der Waals surface area contributed by atoms with Crippen molar-refractivity contribution in [3.8, 4) is 17.2 Å². The molecule has 1 unspecified atom stereocenters. The average molecular weight is 519 g/mol. The number of aryl methyl sites for hydroxylation is 1. The fourth-order valence-electron chi connectivity index (χ4n) is 5.88. The molecule has 0 radical (unpaired) electrons. The number of rotatable bonds is 8. The summed E-state index contributed by atoms with van der Waals surface area (Å²) >= 11 is 0. The first-order valence-electron chi connectivity index (χ1n) is 13.8. The van der Waals surface area contributed by atoms with E-state index in [0.717, 1.165) is 68.7 Å². The lowest BCUT2D eigenvalue weighted by atomic mass is 9.79. The van der Waals surface area contributed by atoms with Crippen LogP contribution in [0, 0.1) is 5.82 Å². The zero-order chi connectivity index (χ0) is 26.6. The second-order valence-corrected chi connectivity index (χ2v) is 10.7. The highest BCUT2D eigenvalue weighted by Crippen LogP contribution is 2.40. The molecule has 5 nitrogen and oxygen atoms in total. The number of hydrogen-bond acceptors (Lipinski definition) is 5. The lowest BCUT2D eigenvalue weighted by molar-refractivity contribution is 0.110. The summed E-state index contributed by atoms with van der Waals surface area (Å²) in [6.07, 6.45) is 4.81. The molecular formula is C32H39FN2O3. The van der Waals surface area contributed by atoms with E-state index in [1.165, 1.54) is 16.7 Å². The predicted molar refractivity (Wildman–Crippen MR) is 150 cm³/mol. The normalized spacial score (nSPS) is 18.2. The van der Waals surface area contributed by atoms with E-state index in [-0.39, 0.29) is 11.9 Å². The Morgan fingerprint density at radius 2 is 1.82 bits per heavy atom. The number of halogens is 1. The van der Waals surface area contributed by atoms with Gasteiger partial charge in [0, 0.05) is 37.9 Å². The van der Waals surface area contributed by atoms with Crippen molar-refractivity contribution in [2.24, 2.45) is 0 Å². The van der Waals surface area contributed by atoms with Gasteiger partial charge in [0.1, 0.15) is 17.6 Å². The molecule has 0 spiro atoms. The van der Waals surface area contributed by atoms with Crippen molar-refractivity contribution < 1.29 is 19.0 Å². The number of benzene rings is 3. The second kappa shape index (κ2) is 11.6. The van der Waals surface area contributed by atoms with Gasteiger partial charge in [0.25, 0.3) is 0 Å². The van der Waals surface area contributed by atoms with Crippen LogP contribution in [-0.2, 0) is 19.4 Å². The van der Waals surface area contributed by atoms with Crippen molar-refractivity contribution >= 4 is 5.69 Å². The number of anilines is 1. The number of ether oxygens (including phenoxy) is 2. The molecule has 1 heterocycles. The number of likely N-dealkylation sites (tertiary alicyclic amines) is 1. The maximum atomic E-state index is 15.1. The molecule has 38 heavy (non-hydrogen) atoms. The summed E-state index contributed by atoms with van der Waals surface area (Å²) in [6.45, 7) is 5.48. The van der Waals surface area contributed by atoms with Crippen LogP contribution in [0.3, 0.4) is 0 Å². The molecule has 1 fully saturated rings. The van der Waals surface area contributed by atoms with Crippen molar-refractivity contribution in [3.63, 3.8) is 0 Å². The minimum atomic E-state index is -0.296. The van der Waals surface area contributed by atoms with E-state index in [2.05, 4.69) is 42.0 Å². The van der Waals surface area contributed by atoms with Crippen LogP contribution in [0.25, 0.3) is 0 Å². The molecule has 0 saturated carbocycles. The van der Waals surface area contributed by atoms with Crippen molar-refractivity contribution in [1.29, 1.82) is 0 Å². The van der Waals surface area contributed by atoms with E-state index in [4.69, 9.17) is 9.47 Å². The standard InChI is InChI=1S/C32H39FN2O3/c1-4-35(21-22-5-12-32(30(33)17-22)38-27-13-15-34(2)16-14-27)31-20-28(37-3)10-11-29(31)25-7-6-24-19-26(36)9-8-23(24)18-25/h5,8-12,17,19-20,25,27,36H,4,6-7,13-16,18,21H2,1-3H3. The van der Waals surface area contributed by atoms with Gasteiger partial charge in [0.15, 0.2) is 11.6 Å². The highest BCUT2D eigenvalue weighted by Gasteiger charge is 2.25. The quantitative estimate of drug-likeness (QED) is 0.379. The van der Waals surface area contributed by atoms with Crippen LogP contribution in [0.15, 0.2) is 54.6 Å². The topological polar surface area (TPSA) is 45.2 Å². The molecular weight excluding hydrogens is 479 g/mol. The molecule has 6 heteroatoms. The van der Waals surface area contributed by atoms with E-state index in [9.17, 15) is 5.11 Å². The Labute approximate surface area is 225 Å². The average Bonchev–Trinajstić information content (AvgIpc) is 2.93. The Morgan fingerprint density at radius 3 is 2.55 bits per heavy atom. The van der Waals surface area contributed by atoms with Crippen LogP contribution in [0.4, 0.5) is 10.1 Å². The lowest BCUT2D eigenvalue weighted by Gasteiger charge is -2.32. The second-order valence-electron chi connectivity index (χ2n) is 10.7. The number of phenols is 1. The number of aromatic hydroxyl groups is 1. The Balaban J connectivity index is 1.36. The predicted octanol–water partition coefficient (Wildman–Crippen LogP) is 6.31. The third-order valence-electron chi connectivity index (χ3n) is 8.15. The van der Waals surface area contributed by atoms with Gasteiger partial charge in [0.05, 0.1) is 7.11 Å². The molecule has 202 valence electrons. The largest absolute Gasteiger partial charge is 0.508 e. The van der Waals surface area contributed by atoms with Crippen molar-refractivity contribution in [2.75, 3.05) is 38.7 Å². The number of phenolic OH excluding ortho intramolecular Hbond substituents is 1. The molecule has 1 atom stereocenters. The van der Waals surface area contributed by atoms with Crippen molar-refractivity contribution in [2.45, 2.75) is 57.6 Å². The van der Waals surface area contributed by atoms with E-state index < -0.39 is 0 Å². The summed E-state index contributed by atoms with van der Waals surface area (Å²) in [5, 5.41) is 9.89. The molecule has 5 rings (SSSR count). The summed E-state index contributed by atoms with van der Waals surface area (Å²) in [7, 11) is 3.80. The van der Waals surface area contributed by atoms with Crippen LogP contribution < -0.4 is 14.4 Å². The third kappa shape index (κ3) is 5.91. The van der Waals surface area contributed by atoms with Crippen LogP contribution in [0.2, 0.25) is 0 Å². The van der Waals surface area contributed by atoms with Gasteiger partial charge < -0.3 is 24.4 Å². The summed E-state index contributed by atoms with van der Waals surface area (Å²) in [4.78, 5) is 4.58. The molecule has 1 aliphatic carbocycles. The highest BCUT2D eigenvalue weighted by atomic mass is 19.1. The molecule has 2 aliphatic rings. The summed E-state index contributed by atoms with van der Waals surface area (Å²) in [5.74, 6) is 1.57. The first-order chi connectivity index (χ1) is 18.4. The fourth-order valence-corrected chi connectivity index (χ4v) is 5.88. The minimum Gasteiger partial charge on any atom is -0.508 e. The van der Waals surface area contributed by atoms with Gasteiger partial charge in [-0.3, -0.25) is 0 Å². The van der Waals surface area contributed by atoms with E-state index >= 15 is 4.39 Å². The summed E-state index contributed by atoms with van der Waals surface area (Å²) in [5.41, 5.74) is 5.87. The Bertz CT molecular complexity index is 1260. The maximum Gasteiger partial charge on any atom is 0.165 e. The van der Waals surface area contributed by atoms with Crippen molar-refractivity contribution in [1.82, 2.24) is 4.90 Å². The SMILES string of the molecule is CCN(Cc1ccc(OC2CCN(C)CC2)c(F)c1)c1cc(OC)ccc1C1CCc2cc(O)ccc2C1. The number of nitrogens with zero attached hydrogens (tertiary/aromatic N) is 2. The van der Waals surface area contributed by atoms with Gasteiger partial charge in [0.2, 0.25) is 0 Å². The highest BCUT2D eigenvalue weighted by molar-refractivity contribution is 5.60. The molecule has 3 aromatic carbocycles. The Morgan fingerprint density at radius 1 is 1.00 bits per heavy atom. The van der Waals surface area contributed by atoms with E-state index in [1.54, 1.807) is 25.3 Å². The minimum absolute atomic E-state index is 0.0719. The number of hydrogen-bond donors (Lipinski definition) is 1. The smallest absolute Gasteiger partial charge is 0.165 e. The molecule has 0 bridgehead atoms. The lowest BCUT2D eigenvalue weighted by Crippen LogP contribution is -2.35. The van der Waals surface area contributed by atoms with E-state index in [0.29, 0.717) is 24.0 Å². The van der Waals surface area contributed by atoms with Gasteiger partial charge in [-0.1, -0.05) is 18.2 Å². The molecule has 1 aliphatic heterocycles. The monoisotopic (exact) mass is 518 g/mol. The molecule has 1 N–H and O–H groups in total. The molecule has 3 aromatic rings. The van der Waals surface area contributed by atoms with Crippen LogP contribution >= 0.6 is 0 Å². The Kier molecular flexibility index (Phi) is 8.08. The van der Waals surface area contributed by atoms with Gasteiger partial charge in [-0.15, -0.1) is 0 Å². The fraction of sp³-hybridized carbons (Fsp3) is 0.438. The molecule has 0 amide bonds.